The zero-order chi connectivity index (χ0) is 12.1. The maximum atomic E-state index is 5.43. The predicted molar refractivity (Wildman–Crippen MR) is 69.1 cm³/mol. The van der Waals surface area contributed by atoms with E-state index in [0.29, 0.717) is 12.6 Å². The van der Waals surface area contributed by atoms with Crippen LogP contribution in [0.15, 0.2) is 12.4 Å². The summed E-state index contributed by atoms with van der Waals surface area (Å²) in [6.45, 7) is 3.53. The van der Waals surface area contributed by atoms with E-state index in [9.17, 15) is 0 Å². The Morgan fingerprint density at radius 3 is 3.00 bits per heavy atom. The average molecular weight is 236 g/mol. The van der Waals surface area contributed by atoms with E-state index in [-0.39, 0.29) is 0 Å². The quantitative estimate of drug-likeness (QED) is 0.666. The topological polar surface area (TPSA) is 79.1 Å². The molecule has 0 radical (unpaired) electrons. The lowest BCUT2D eigenvalue weighted by atomic mass is 10.2. The van der Waals surface area contributed by atoms with Gasteiger partial charge in [-0.1, -0.05) is 0 Å². The van der Waals surface area contributed by atoms with Gasteiger partial charge in [0.15, 0.2) is 0 Å². The summed E-state index contributed by atoms with van der Waals surface area (Å²) < 4.78 is 0. The van der Waals surface area contributed by atoms with Crippen molar-refractivity contribution in [2.75, 3.05) is 43.9 Å². The molecule has 0 bridgehead atoms. The van der Waals surface area contributed by atoms with Gasteiger partial charge >= 0.3 is 0 Å². The summed E-state index contributed by atoms with van der Waals surface area (Å²) in [4.78, 5) is 10.7. The van der Waals surface area contributed by atoms with Crippen LogP contribution in [0.25, 0.3) is 0 Å². The molecule has 1 aromatic heterocycles. The average Bonchev–Trinajstić information content (AvgIpc) is 2.73. The monoisotopic (exact) mass is 236 g/mol. The molecule has 94 valence electrons. The largest absolute Gasteiger partial charge is 0.369 e. The molecule has 2 rings (SSSR count). The molecule has 6 heteroatoms. The van der Waals surface area contributed by atoms with Gasteiger partial charge in [0.25, 0.3) is 0 Å². The highest BCUT2D eigenvalue weighted by atomic mass is 15.2. The van der Waals surface area contributed by atoms with Gasteiger partial charge in [0.2, 0.25) is 0 Å². The fourth-order valence-electron chi connectivity index (χ4n) is 2.00. The molecule has 6 nitrogen and oxygen atoms in total. The van der Waals surface area contributed by atoms with Crippen molar-refractivity contribution in [3.8, 4) is 0 Å². The summed E-state index contributed by atoms with van der Waals surface area (Å²) in [6.07, 6.45) is 2.73. The Labute approximate surface area is 102 Å². The van der Waals surface area contributed by atoms with E-state index in [4.69, 9.17) is 5.73 Å². The number of hydrogen-bond acceptors (Lipinski definition) is 6. The van der Waals surface area contributed by atoms with E-state index in [2.05, 4.69) is 32.5 Å². The maximum Gasteiger partial charge on any atom is 0.131 e. The zero-order valence-electron chi connectivity index (χ0n) is 10.2. The van der Waals surface area contributed by atoms with Crippen molar-refractivity contribution in [3.63, 3.8) is 0 Å². The van der Waals surface area contributed by atoms with Gasteiger partial charge in [0.05, 0.1) is 0 Å². The first-order valence-corrected chi connectivity index (χ1v) is 5.99. The first kappa shape index (κ1) is 12.1. The second-order valence-electron chi connectivity index (χ2n) is 4.40. The Morgan fingerprint density at radius 2 is 2.29 bits per heavy atom. The Hall–Kier alpha value is -1.40. The Morgan fingerprint density at radius 1 is 1.47 bits per heavy atom. The maximum absolute atomic E-state index is 5.43. The summed E-state index contributed by atoms with van der Waals surface area (Å²) in [5.41, 5.74) is 5.43. The molecule has 1 unspecified atom stereocenters. The summed E-state index contributed by atoms with van der Waals surface area (Å²) >= 11 is 0. The number of aromatic nitrogens is 2. The number of nitrogens with one attached hydrogen (secondary N) is 2. The number of anilines is 2. The van der Waals surface area contributed by atoms with E-state index in [1.807, 2.05) is 6.07 Å². The van der Waals surface area contributed by atoms with Gasteiger partial charge in [-0.2, -0.15) is 0 Å². The Kier molecular flexibility index (Phi) is 4.11. The van der Waals surface area contributed by atoms with Crippen LogP contribution in [0.3, 0.4) is 0 Å². The van der Waals surface area contributed by atoms with Crippen molar-refractivity contribution in [1.29, 1.82) is 0 Å². The third-order valence-corrected chi connectivity index (χ3v) is 2.86. The second-order valence-corrected chi connectivity index (χ2v) is 4.40. The highest BCUT2D eigenvalue weighted by molar-refractivity contribution is 5.47. The van der Waals surface area contributed by atoms with Crippen molar-refractivity contribution in [1.82, 2.24) is 14.9 Å². The highest BCUT2D eigenvalue weighted by Gasteiger charge is 2.19. The smallest absolute Gasteiger partial charge is 0.131 e. The minimum atomic E-state index is 0.484. The predicted octanol–water partition coefficient (Wildman–Crippen LogP) is -0.0368. The summed E-state index contributed by atoms with van der Waals surface area (Å²) in [6, 6.07) is 2.41. The first-order valence-electron chi connectivity index (χ1n) is 5.99. The van der Waals surface area contributed by atoms with Gasteiger partial charge in [-0.3, -0.25) is 0 Å². The van der Waals surface area contributed by atoms with E-state index < -0.39 is 0 Å². The number of likely N-dealkylation sites (tertiary alicyclic amines) is 1. The van der Waals surface area contributed by atoms with Crippen LogP contribution in [-0.2, 0) is 0 Å². The normalized spacial score (nSPS) is 20.5. The number of rotatable bonds is 5. The van der Waals surface area contributed by atoms with Gasteiger partial charge in [0.1, 0.15) is 18.0 Å². The lowest BCUT2D eigenvalue weighted by molar-refractivity contribution is 0.414. The SMILES string of the molecule is CN1CCC(Nc2cc(NCCN)ncn2)C1. The molecule has 2 heterocycles. The lowest BCUT2D eigenvalue weighted by Gasteiger charge is -2.14. The third kappa shape index (κ3) is 3.54. The lowest BCUT2D eigenvalue weighted by Crippen LogP contribution is -2.24. The van der Waals surface area contributed by atoms with Crippen molar-refractivity contribution in [2.24, 2.45) is 5.73 Å². The van der Waals surface area contributed by atoms with E-state index in [1.165, 1.54) is 0 Å². The van der Waals surface area contributed by atoms with Gasteiger partial charge in [0, 0.05) is 31.7 Å². The molecule has 1 aliphatic rings. The molecule has 1 atom stereocenters. The van der Waals surface area contributed by atoms with Crippen LogP contribution in [0.4, 0.5) is 11.6 Å². The van der Waals surface area contributed by atoms with Crippen molar-refractivity contribution >= 4 is 11.6 Å². The van der Waals surface area contributed by atoms with E-state index in [0.717, 1.165) is 37.7 Å². The van der Waals surface area contributed by atoms with Gasteiger partial charge in [-0.15, -0.1) is 0 Å². The number of hydrogen-bond donors (Lipinski definition) is 3. The van der Waals surface area contributed by atoms with Crippen molar-refractivity contribution in [2.45, 2.75) is 12.5 Å². The molecule has 0 saturated carbocycles. The number of nitrogens with two attached hydrogens (primary N) is 1. The Bertz CT molecular complexity index is 356. The minimum Gasteiger partial charge on any atom is -0.369 e. The fourth-order valence-corrected chi connectivity index (χ4v) is 2.00. The third-order valence-electron chi connectivity index (χ3n) is 2.86. The summed E-state index contributed by atoms with van der Waals surface area (Å²) in [5.74, 6) is 1.69. The highest BCUT2D eigenvalue weighted by Crippen LogP contribution is 2.14. The van der Waals surface area contributed by atoms with E-state index in [1.54, 1.807) is 6.33 Å². The molecule has 0 aliphatic carbocycles. The molecule has 1 aromatic rings. The molecular weight excluding hydrogens is 216 g/mol. The molecule has 4 N–H and O–H groups in total. The summed E-state index contributed by atoms with van der Waals surface area (Å²) in [5, 5.41) is 6.57. The minimum absolute atomic E-state index is 0.484. The van der Waals surface area contributed by atoms with Crippen molar-refractivity contribution < 1.29 is 0 Å². The molecule has 1 aliphatic heterocycles. The van der Waals surface area contributed by atoms with Gasteiger partial charge in [-0.25, -0.2) is 9.97 Å². The van der Waals surface area contributed by atoms with E-state index >= 15 is 0 Å². The van der Waals surface area contributed by atoms with Gasteiger partial charge < -0.3 is 21.3 Å². The van der Waals surface area contributed by atoms with Crippen LogP contribution < -0.4 is 16.4 Å². The van der Waals surface area contributed by atoms with Gasteiger partial charge in [-0.05, 0) is 20.0 Å². The molecule has 0 amide bonds. The first-order chi connectivity index (χ1) is 8.28. The van der Waals surface area contributed by atoms with Crippen LogP contribution in [0.2, 0.25) is 0 Å². The number of likely N-dealkylation sites (N-methyl/N-ethyl adjacent to an activating group) is 1. The van der Waals surface area contributed by atoms with Crippen LogP contribution in [0.1, 0.15) is 6.42 Å². The molecule has 0 aromatic carbocycles. The van der Waals surface area contributed by atoms with Crippen LogP contribution in [-0.4, -0.2) is 54.1 Å². The molecule has 1 saturated heterocycles. The van der Waals surface area contributed by atoms with Crippen LogP contribution in [0, 0.1) is 0 Å². The molecule has 0 spiro atoms. The standard InChI is InChI=1S/C11H20N6/c1-17-5-2-9(7-17)16-11-6-10(13-4-3-12)14-8-15-11/h6,8-9H,2-5,7,12H2,1H3,(H2,13,14,15,16). The van der Waals surface area contributed by atoms with Crippen LogP contribution >= 0.6 is 0 Å². The van der Waals surface area contributed by atoms with Crippen molar-refractivity contribution in [3.05, 3.63) is 12.4 Å². The molecule has 17 heavy (non-hydrogen) atoms. The van der Waals surface area contributed by atoms with Crippen LogP contribution in [0.5, 0.6) is 0 Å². The number of nitrogens with zero attached hydrogens (tertiary/aromatic N) is 3. The zero-order valence-corrected chi connectivity index (χ0v) is 10.2. The fraction of sp³-hybridized carbons (Fsp3) is 0.636. The molecule has 1 fully saturated rings. The second kappa shape index (κ2) is 5.79. The Balaban J connectivity index is 1.91. The molecular formula is C11H20N6. The summed E-state index contributed by atoms with van der Waals surface area (Å²) in [7, 11) is 2.13.